The van der Waals surface area contributed by atoms with E-state index in [2.05, 4.69) is 26.0 Å². The van der Waals surface area contributed by atoms with Crippen LogP contribution < -0.4 is 4.74 Å². The van der Waals surface area contributed by atoms with Crippen LogP contribution in [0.2, 0.25) is 0 Å². The first kappa shape index (κ1) is 12.4. The van der Waals surface area contributed by atoms with Gasteiger partial charge < -0.3 is 9.84 Å². The van der Waals surface area contributed by atoms with Gasteiger partial charge in [0.15, 0.2) is 0 Å². The Morgan fingerprint density at radius 1 is 1.29 bits per heavy atom. The molecule has 0 radical (unpaired) electrons. The molecule has 0 unspecified atom stereocenters. The molecule has 2 heteroatoms. The van der Waals surface area contributed by atoms with Crippen LogP contribution in [0, 0.1) is 19.3 Å². The Bertz CT molecular complexity index is 400. The number of hydrogen-bond acceptors (Lipinski definition) is 2. The van der Waals surface area contributed by atoms with Crippen LogP contribution in [0.4, 0.5) is 0 Å². The molecule has 1 N–H and O–H groups in total. The highest BCUT2D eigenvalue weighted by Crippen LogP contribution is 2.45. The van der Waals surface area contributed by atoms with Gasteiger partial charge in [-0.25, -0.2) is 0 Å². The van der Waals surface area contributed by atoms with Crippen LogP contribution in [0.5, 0.6) is 5.75 Å². The first-order chi connectivity index (χ1) is 8.10. The van der Waals surface area contributed by atoms with Gasteiger partial charge in [-0.15, -0.1) is 0 Å². The lowest BCUT2D eigenvalue weighted by Crippen LogP contribution is -2.35. The van der Waals surface area contributed by atoms with E-state index >= 15 is 0 Å². The second kappa shape index (κ2) is 4.69. The Hall–Kier alpha value is -1.02. The van der Waals surface area contributed by atoms with Gasteiger partial charge in [-0.1, -0.05) is 24.1 Å². The molecule has 0 aliphatic heterocycles. The minimum absolute atomic E-state index is 0.119. The average Bonchev–Trinajstić information content (AvgIpc) is 2.23. The van der Waals surface area contributed by atoms with Crippen molar-refractivity contribution >= 4 is 0 Å². The Balaban J connectivity index is 2.31. The summed E-state index contributed by atoms with van der Waals surface area (Å²) < 4.78 is 5.51. The number of ether oxygens (including phenoxy) is 1. The SMILES string of the molecule is COc1c(C)cc(C)cc1CC1(CO)CCC1. The third-order valence-electron chi connectivity index (χ3n) is 4.02. The van der Waals surface area contributed by atoms with E-state index < -0.39 is 0 Å². The van der Waals surface area contributed by atoms with Gasteiger partial charge in [0.25, 0.3) is 0 Å². The molecule has 0 bridgehead atoms. The molecule has 94 valence electrons. The summed E-state index contributed by atoms with van der Waals surface area (Å²) >= 11 is 0. The van der Waals surface area contributed by atoms with Crippen molar-refractivity contribution in [2.45, 2.75) is 39.5 Å². The second-order valence-electron chi connectivity index (χ2n) is 5.46. The van der Waals surface area contributed by atoms with Gasteiger partial charge in [0.1, 0.15) is 5.75 Å². The van der Waals surface area contributed by atoms with Gasteiger partial charge in [-0.3, -0.25) is 0 Å². The van der Waals surface area contributed by atoms with E-state index in [9.17, 15) is 5.11 Å². The molecule has 0 saturated heterocycles. The summed E-state index contributed by atoms with van der Waals surface area (Å²) in [7, 11) is 1.73. The number of aliphatic hydroxyl groups excluding tert-OH is 1. The molecule has 0 aromatic heterocycles. The summed E-state index contributed by atoms with van der Waals surface area (Å²) in [5.41, 5.74) is 3.83. The predicted molar refractivity (Wildman–Crippen MR) is 69.5 cm³/mol. The molecular weight excluding hydrogens is 212 g/mol. The zero-order chi connectivity index (χ0) is 12.5. The summed E-state index contributed by atoms with van der Waals surface area (Å²) in [5.74, 6) is 0.996. The number of aliphatic hydroxyl groups is 1. The fraction of sp³-hybridized carbons (Fsp3) is 0.600. The van der Waals surface area contributed by atoms with Crippen LogP contribution in [0.15, 0.2) is 12.1 Å². The summed E-state index contributed by atoms with van der Waals surface area (Å²) in [6.07, 6.45) is 4.46. The largest absolute Gasteiger partial charge is 0.496 e. The third-order valence-corrected chi connectivity index (χ3v) is 4.02. The normalized spacial score (nSPS) is 17.6. The van der Waals surface area contributed by atoms with Crippen LogP contribution in [0.3, 0.4) is 0 Å². The maximum Gasteiger partial charge on any atom is 0.124 e. The van der Waals surface area contributed by atoms with Gasteiger partial charge >= 0.3 is 0 Å². The highest BCUT2D eigenvalue weighted by Gasteiger charge is 2.37. The Morgan fingerprint density at radius 3 is 2.47 bits per heavy atom. The van der Waals surface area contributed by atoms with Gasteiger partial charge in [0, 0.05) is 6.61 Å². The highest BCUT2D eigenvalue weighted by atomic mass is 16.5. The van der Waals surface area contributed by atoms with E-state index in [1.54, 1.807) is 7.11 Å². The lowest BCUT2D eigenvalue weighted by atomic mass is 9.66. The molecule has 1 aromatic rings. The third kappa shape index (κ3) is 2.32. The van der Waals surface area contributed by atoms with Crippen LogP contribution in [0.25, 0.3) is 0 Å². The van der Waals surface area contributed by atoms with Crippen molar-refractivity contribution in [2.24, 2.45) is 5.41 Å². The van der Waals surface area contributed by atoms with Crippen molar-refractivity contribution in [3.63, 3.8) is 0 Å². The standard InChI is InChI=1S/C15H22O2/c1-11-7-12(2)14(17-3)13(8-11)9-15(10-16)5-4-6-15/h7-8,16H,4-6,9-10H2,1-3H3. The van der Waals surface area contributed by atoms with Crippen molar-refractivity contribution in [2.75, 3.05) is 13.7 Å². The smallest absolute Gasteiger partial charge is 0.124 e. The van der Waals surface area contributed by atoms with Crippen LogP contribution in [-0.2, 0) is 6.42 Å². The molecule has 0 spiro atoms. The van der Waals surface area contributed by atoms with Crippen molar-refractivity contribution < 1.29 is 9.84 Å². The number of rotatable bonds is 4. The monoisotopic (exact) mass is 234 g/mol. The first-order valence-corrected chi connectivity index (χ1v) is 6.35. The van der Waals surface area contributed by atoms with Gasteiger partial charge in [-0.05, 0) is 49.7 Å². The summed E-state index contributed by atoms with van der Waals surface area (Å²) in [6, 6.07) is 4.34. The number of hydrogen-bond donors (Lipinski definition) is 1. The zero-order valence-electron chi connectivity index (χ0n) is 11.0. The molecule has 1 saturated carbocycles. The molecule has 1 aromatic carbocycles. The van der Waals surface area contributed by atoms with Crippen molar-refractivity contribution in [3.8, 4) is 5.75 Å². The van der Waals surface area contributed by atoms with E-state index in [1.807, 2.05) is 0 Å². The average molecular weight is 234 g/mol. The summed E-state index contributed by atoms with van der Waals surface area (Å²) in [5, 5.41) is 9.56. The molecule has 0 heterocycles. The van der Waals surface area contributed by atoms with Gasteiger partial charge in [0.05, 0.1) is 7.11 Å². The molecule has 1 aliphatic carbocycles. The number of methoxy groups -OCH3 is 1. The molecule has 1 fully saturated rings. The molecular formula is C15H22O2. The van der Waals surface area contributed by atoms with E-state index in [4.69, 9.17) is 4.74 Å². The van der Waals surface area contributed by atoms with E-state index in [1.165, 1.54) is 23.1 Å². The lowest BCUT2D eigenvalue weighted by molar-refractivity contribution is 0.0445. The molecule has 0 amide bonds. The number of benzene rings is 1. The molecule has 1 aliphatic rings. The van der Waals surface area contributed by atoms with Gasteiger partial charge in [0.2, 0.25) is 0 Å². The summed E-state index contributed by atoms with van der Waals surface area (Å²) in [4.78, 5) is 0. The quantitative estimate of drug-likeness (QED) is 0.867. The van der Waals surface area contributed by atoms with Crippen LogP contribution in [-0.4, -0.2) is 18.8 Å². The second-order valence-corrected chi connectivity index (χ2v) is 5.46. The summed E-state index contributed by atoms with van der Waals surface area (Å²) in [6.45, 7) is 4.49. The zero-order valence-corrected chi connectivity index (χ0v) is 11.0. The Labute approximate surface area is 104 Å². The molecule has 2 rings (SSSR count). The minimum atomic E-state index is 0.119. The van der Waals surface area contributed by atoms with Gasteiger partial charge in [-0.2, -0.15) is 0 Å². The predicted octanol–water partition coefficient (Wildman–Crippen LogP) is 3.02. The van der Waals surface area contributed by atoms with Crippen molar-refractivity contribution in [1.82, 2.24) is 0 Å². The lowest BCUT2D eigenvalue weighted by Gasteiger charge is -2.41. The van der Waals surface area contributed by atoms with E-state index in [0.29, 0.717) is 6.61 Å². The van der Waals surface area contributed by atoms with E-state index in [0.717, 1.165) is 25.0 Å². The molecule has 2 nitrogen and oxygen atoms in total. The number of aryl methyl sites for hydroxylation is 2. The maximum atomic E-state index is 9.56. The van der Waals surface area contributed by atoms with Crippen molar-refractivity contribution in [3.05, 3.63) is 28.8 Å². The maximum absolute atomic E-state index is 9.56. The van der Waals surface area contributed by atoms with Crippen LogP contribution >= 0.6 is 0 Å². The molecule has 17 heavy (non-hydrogen) atoms. The Kier molecular flexibility index (Phi) is 3.43. The van der Waals surface area contributed by atoms with E-state index in [-0.39, 0.29) is 5.41 Å². The fourth-order valence-electron chi connectivity index (χ4n) is 2.94. The van der Waals surface area contributed by atoms with Crippen molar-refractivity contribution in [1.29, 1.82) is 0 Å². The Morgan fingerprint density at radius 2 is 2.00 bits per heavy atom. The molecule has 0 atom stereocenters. The highest BCUT2D eigenvalue weighted by molar-refractivity contribution is 5.44. The van der Waals surface area contributed by atoms with Crippen LogP contribution in [0.1, 0.15) is 36.0 Å². The first-order valence-electron chi connectivity index (χ1n) is 6.35. The topological polar surface area (TPSA) is 29.5 Å². The fourth-order valence-corrected chi connectivity index (χ4v) is 2.94. The minimum Gasteiger partial charge on any atom is -0.496 e.